The Labute approximate surface area is 114 Å². The van der Waals surface area contributed by atoms with Gasteiger partial charge in [-0.25, -0.2) is 4.39 Å². The van der Waals surface area contributed by atoms with Crippen molar-refractivity contribution in [1.29, 1.82) is 0 Å². The van der Waals surface area contributed by atoms with Crippen LogP contribution in [0.25, 0.3) is 0 Å². The summed E-state index contributed by atoms with van der Waals surface area (Å²) in [5, 5.41) is 7.51. The third kappa shape index (κ3) is 2.79. The topological polar surface area (TPSA) is 29.9 Å². The lowest BCUT2D eigenvalue weighted by atomic mass is 10.0. The summed E-state index contributed by atoms with van der Waals surface area (Å²) in [5.41, 5.74) is 1.90. The van der Waals surface area contributed by atoms with E-state index in [1.165, 1.54) is 6.07 Å². The maximum Gasteiger partial charge on any atom is 0.123 e. The van der Waals surface area contributed by atoms with E-state index < -0.39 is 0 Å². The molecule has 0 saturated heterocycles. The molecule has 0 aliphatic carbocycles. The molecule has 96 valence electrons. The molecule has 1 aromatic carbocycles. The summed E-state index contributed by atoms with van der Waals surface area (Å²) in [6, 6.07) is 4.66. The fourth-order valence-corrected chi connectivity index (χ4v) is 2.41. The fraction of sp³-hybridized carbons (Fsp3) is 0.308. The van der Waals surface area contributed by atoms with Gasteiger partial charge in [0, 0.05) is 23.3 Å². The average Bonchev–Trinajstić information content (AvgIpc) is 2.76. The van der Waals surface area contributed by atoms with Crippen molar-refractivity contribution >= 4 is 15.9 Å². The lowest BCUT2D eigenvalue weighted by Crippen LogP contribution is -2.22. The van der Waals surface area contributed by atoms with Crippen LogP contribution < -0.4 is 5.32 Å². The first-order valence-electron chi connectivity index (χ1n) is 5.78. The van der Waals surface area contributed by atoms with Crippen LogP contribution >= 0.6 is 15.9 Å². The summed E-state index contributed by atoms with van der Waals surface area (Å²) in [6.07, 6.45) is 3.73. The molecule has 1 aromatic heterocycles. The predicted molar refractivity (Wildman–Crippen MR) is 72.8 cm³/mol. The van der Waals surface area contributed by atoms with Crippen molar-refractivity contribution in [2.45, 2.75) is 13.0 Å². The van der Waals surface area contributed by atoms with E-state index in [4.69, 9.17) is 0 Å². The van der Waals surface area contributed by atoms with Gasteiger partial charge >= 0.3 is 0 Å². The van der Waals surface area contributed by atoms with E-state index in [0.717, 1.165) is 22.1 Å². The molecule has 0 fully saturated rings. The van der Waals surface area contributed by atoms with Gasteiger partial charge in [0.1, 0.15) is 5.82 Å². The van der Waals surface area contributed by atoms with Crippen LogP contribution in [-0.4, -0.2) is 16.3 Å². The van der Waals surface area contributed by atoms with Gasteiger partial charge in [0.2, 0.25) is 0 Å². The standard InChI is InChI=1S/C13H15BrFN3/c1-3-16-13(9-7-17-18(2)8-9)11-6-10(15)4-5-12(11)14/h4-8,13,16H,3H2,1-2H3. The molecular weight excluding hydrogens is 297 g/mol. The molecule has 2 aromatic rings. The highest BCUT2D eigenvalue weighted by molar-refractivity contribution is 9.10. The number of nitrogens with one attached hydrogen (secondary N) is 1. The molecule has 0 spiro atoms. The molecule has 0 aliphatic rings. The van der Waals surface area contributed by atoms with Crippen molar-refractivity contribution in [2.24, 2.45) is 7.05 Å². The van der Waals surface area contributed by atoms with Gasteiger partial charge < -0.3 is 5.32 Å². The molecule has 1 N–H and O–H groups in total. The Hall–Kier alpha value is -1.20. The summed E-state index contributed by atoms with van der Waals surface area (Å²) in [7, 11) is 1.87. The second-order valence-electron chi connectivity index (χ2n) is 4.10. The molecule has 0 radical (unpaired) electrons. The minimum atomic E-state index is -0.236. The zero-order chi connectivity index (χ0) is 13.1. The highest BCUT2D eigenvalue weighted by atomic mass is 79.9. The minimum absolute atomic E-state index is 0.0613. The lowest BCUT2D eigenvalue weighted by molar-refractivity contribution is 0.601. The van der Waals surface area contributed by atoms with Crippen molar-refractivity contribution in [1.82, 2.24) is 15.1 Å². The van der Waals surface area contributed by atoms with E-state index in [2.05, 4.69) is 26.3 Å². The SMILES string of the molecule is CCNC(c1cnn(C)c1)c1cc(F)ccc1Br. The van der Waals surface area contributed by atoms with Gasteiger partial charge in [0.15, 0.2) is 0 Å². The molecule has 0 bridgehead atoms. The monoisotopic (exact) mass is 311 g/mol. The Balaban J connectivity index is 2.44. The van der Waals surface area contributed by atoms with Crippen LogP contribution in [0, 0.1) is 5.82 Å². The number of aryl methyl sites for hydroxylation is 1. The first-order chi connectivity index (χ1) is 8.61. The van der Waals surface area contributed by atoms with Crippen molar-refractivity contribution in [3.05, 3.63) is 52.0 Å². The zero-order valence-electron chi connectivity index (χ0n) is 10.3. The summed E-state index contributed by atoms with van der Waals surface area (Å²) >= 11 is 3.47. The molecule has 0 amide bonds. The molecule has 18 heavy (non-hydrogen) atoms. The Morgan fingerprint density at radius 1 is 1.50 bits per heavy atom. The van der Waals surface area contributed by atoms with Crippen LogP contribution in [0.15, 0.2) is 35.1 Å². The van der Waals surface area contributed by atoms with E-state index in [9.17, 15) is 4.39 Å². The number of nitrogens with zero attached hydrogens (tertiary/aromatic N) is 2. The molecule has 1 unspecified atom stereocenters. The van der Waals surface area contributed by atoms with Crippen molar-refractivity contribution in [2.75, 3.05) is 6.54 Å². The van der Waals surface area contributed by atoms with Crippen LogP contribution in [0.3, 0.4) is 0 Å². The molecule has 3 nitrogen and oxygen atoms in total. The van der Waals surface area contributed by atoms with Gasteiger partial charge in [-0.05, 0) is 30.3 Å². The van der Waals surface area contributed by atoms with E-state index in [-0.39, 0.29) is 11.9 Å². The Bertz CT molecular complexity index is 539. The second-order valence-corrected chi connectivity index (χ2v) is 4.96. The van der Waals surface area contributed by atoms with Crippen molar-refractivity contribution in [3.8, 4) is 0 Å². The van der Waals surface area contributed by atoms with Crippen LogP contribution in [0.4, 0.5) is 4.39 Å². The Morgan fingerprint density at radius 3 is 2.89 bits per heavy atom. The van der Waals surface area contributed by atoms with Gasteiger partial charge in [-0.1, -0.05) is 22.9 Å². The average molecular weight is 312 g/mol. The first-order valence-corrected chi connectivity index (χ1v) is 6.58. The molecule has 1 heterocycles. The summed E-state index contributed by atoms with van der Waals surface area (Å²) < 4.78 is 16.0. The molecule has 1 atom stereocenters. The van der Waals surface area contributed by atoms with E-state index in [0.29, 0.717) is 0 Å². The van der Waals surface area contributed by atoms with Gasteiger partial charge in [-0.15, -0.1) is 0 Å². The van der Waals surface area contributed by atoms with Crippen LogP contribution in [0.1, 0.15) is 24.1 Å². The third-order valence-electron chi connectivity index (χ3n) is 2.74. The maximum atomic E-state index is 13.4. The van der Waals surface area contributed by atoms with E-state index in [1.807, 2.05) is 20.2 Å². The Morgan fingerprint density at radius 2 is 2.28 bits per heavy atom. The number of aromatic nitrogens is 2. The summed E-state index contributed by atoms with van der Waals surface area (Å²) in [6.45, 7) is 2.82. The number of hydrogen-bond donors (Lipinski definition) is 1. The maximum absolute atomic E-state index is 13.4. The first kappa shape index (κ1) is 13.2. The van der Waals surface area contributed by atoms with E-state index >= 15 is 0 Å². The van der Waals surface area contributed by atoms with Gasteiger partial charge in [-0.3, -0.25) is 4.68 Å². The second kappa shape index (κ2) is 5.63. The van der Waals surface area contributed by atoms with Crippen LogP contribution in [0.2, 0.25) is 0 Å². The van der Waals surface area contributed by atoms with Crippen LogP contribution in [-0.2, 0) is 7.05 Å². The smallest absolute Gasteiger partial charge is 0.123 e. The molecule has 5 heteroatoms. The number of halogens is 2. The summed E-state index contributed by atoms with van der Waals surface area (Å²) in [5.74, 6) is -0.236. The van der Waals surface area contributed by atoms with Crippen LogP contribution in [0.5, 0.6) is 0 Å². The zero-order valence-corrected chi connectivity index (χ0v) is 11.9. The third-order valence-corrected chi connectivity index (χ3v) is 3.46. The number of hydrogen-bond acceptors (Lipinski definition) is 2. The normalized spacial score (nSPS) is 12.7. The van der Waals surface area contributed by atoms with E-state index in [1.54, 1.807) is 23.0 Å². The minimum Gasteiger partial charge on any atom is -0.306 e. The largest absolute Gasteiger partial charge is 0.306 e. The molecule has 0 aliphatic heterocycles. The molecule has 2 rings (SSSR count). The quantitative estimate of drug-likeness (QED) is 0.940. The number of benzene rings is 1. The highest BCUT2D eigenvalue weighted by Gasteiger charge is 2.17. The molecular formula is C13H15BrFN3. The lowest BCUT2D eigenvalue weighted by Gasteiger charge is -2.18. The van der Waals surface area contributed by atoms with Crippen molar-refractivity contribution < 1.29 is 4.39 Å². The van der Waals surface area contributed by atoms with Gasteiger partial charge in [0.25, 0.3) is 0 Å². The molecule has 0 saturated carbocycles. The Kier molecular flexibility index (Phi) is 4.14. The number of rotatable bonds is 4. The predicted octanol–water partition coefficient (Wildman–Crippen LogP) is 3.02. The highest BCUT2D eigenvalue weighted by Crippen LogP contribution is 2.29. The summed E-state index contributed by atoms with van der Waals surface area (Å²) in [4.78, 5) is 0. The van der Waals surface area contributed by atoms with Gasteiger partial charge in [-0.2, -0.15) is 5.10 Å². The van der Waals surface area contributed by atoms with Gasteiger partial charge in [0.05, 0.1) is 12.2 Å². The van der Waals surface area contributed by atoms with Crippen molar-refractivity contribution in [3.63, 3.8) is 0 Å². The fourth-order valence-electron chi connectivity index (χ4n) is 1.94.